The van der Waals surface area contributed by atoms with Crippen LogP contribution in [-0.2, 0) is 44.6 Å². The summed E-state index contributed by atoms with van der Waals surface area (Å²) in [4.78, 5) is 71.6. The molecule has 54 heavy (non-hydrogen) atoms. The molecule has 4 amide bonds. The van der Waals surface area contributed by atoms with Gasteiger partial charge in [-0.05, 0) is 43.2 Å². The molecule has 13 nitrogen and oxygen atoms in total. The third kappa shape index (κ3) is 12.6. The van der Waals surface area contributed by atoms with E-state index in [1.54, 1.807) is 30.9 Å². The molecule has 0 saturated carbocycles. The van der Waals surface area contributed by atoms with Gasteiger partial charge in [-0.2, -0.15) is 0 Å². The molecule has 306 valence electrons. The quantitative estimate of drug-likeness (QED) is 0.105. The van der Waals surface area contributed by atoms with E-state index in [0.717, 1.165) is 18.4 Å². The molecular weight excluding hydrogens is 805 g/mol. The lowest BCUT2D eigenvalue weighted by molar-refractivity contribution is -0.149. The molecule has 0 aromatic heterocycles. The molecule has 1 aromatic rings. The fraction of sp³-hybridized carbons (Fsp3) is 0.725. The average molecular weight is 872 g/mol. The number of rotatable bonds is 21. The number of methoxy groups -OCH3 is 3. The lowest BCUT2D eigenvalue weighted by atomic mass is 9.89. The Hall–Kier alpha value is -2.82. The molecule has 1 aliphatic rings. The van der Waals surface area contributed by atoms with E-state index in [1.165, 1.54) is 14.2 Å². The zero-order chi connectivity index (χ0) is 40.9. The number of carbonyl (C=O) groups excluding carboxylic acids is 5. The van der Waals surface area contributed by atoms with Crippen LogP contribution >= 0.6 is 22.9 Å². The number of hydrogen-bond acceptors (Lipinski definition) is 9. The van der Waals surface area contributed by atoms with Gasteiger partial charge in [-0.15, -0.1) is 0 Å². The Morgan fingerprint density at radius 1 is 0.907 bits per heavy atom. The van der Waals surface area contributed by atoms with Crippen LogP contribution in [0.15, 0.2) is 30.3 Å². The van der Waals surface area contributed by atoms with Crippen LogP contribution < -0.4 is 10.6 Å². The lowest BCUT2D eigenvalue weighted by Gasteiger charge is -2.41. The summed E-state index contributed by atoms with van der Waals surface area (Å²) in [7, 11) is 7.93. The van der Waals surface area contributed by atoms with Crippen molar-refractivity contribution >= 4 is 52.5 Å². The van der Waals surface area contributed by atoms with Crippen molar-refractivity contribution in [2.24, 2.45) is 23.7 Å². The number of likely N-dealkylation sites (N-methyl/N-ethyl adjacent to an activating group) is 2. The molecule has 1 aromatic carbocycles. The fourth-order valence-electron chi connectivity index (χ4n) is 7.64. The van der Waals surface area contributed by atoms with Crippen LogP contribution in [0.4, 0.5) is 0 Å². The average Bonchev–Trinajstić information content (AvgIpc) is 3.62. The first kappa shape index (κ1) is 47.3. The molecule has 0 bridgehead atoms. The van der Waals surface area contributed by atoms with Crippen molar-refractivity contribution in [3.63, 3.8) is 0 Å². The third-order valence-corrected chi connectivity index (χ3v) is 11.5. The zero-order valence-electron chi connectivity index (χ0n) is 34.5. The van der Waals surface area contributed by atoms with Gasteiger partial charge in [0.2, 0.25) is 23.6 Å². The van der Waals surface area contributed by atoms with Gasteiger partial charge in [0, 0.05) is 57.1 Å². The van der Waals surface area contributed by atoms with E-state index < -0.39 is 54.3 Å². The van der Waals surface area contributed by atoms with Crippen LogP contribution in [0, 0.1) is 23.7 Å². The molecule has 0 aliphatic carbocycles. The molecule has 1 heterocycles. The van der Waals surface area contributed by atoms with Gasteiger partial charge < -0.3 is 34.6 Å². The van der Waals surface area contributed by atoms with E-state index in [-0.39, 0.29) is 54.2 Å². The van der Waals surface area contributed by atoms with Crippen LogP contribution in [0.3, 0.4) is 0 Å². The predicted octanol–water partition coefficient (Wildman–Crippen LogP) is 4.25. The summed E-state index contributed by atoms with van der Waals surface area (Å²) in [5.41, 5.74) is 0.876. The summed E-state index contributed by atoms with van der Waals surface area (Å²) in [6.07, 6.45) is 1.08. The SMILES string of the molecule is CCC(C)[C@@H]([C@@H](CC(=O)N1CCC[C@H]1[C@H](OC)[C@@H](C)C(=O)NC(Cc1ccccc1)C(=O)OC)OC)N(C)C(=O)[C@@H](NC(=O)[C@H](C(C)C)N(C)I)C(C)C. The summed E-state index contributed by atoms with van der Waals surface area (Å²) >= 11 is 2.10. The summed E-state index contributed by atoms with van der Waals surface area (Å²) in [5.74, 6) is -2.44. The van der Waals surface area contributed by atoms with Gasteiger partial charge in [0.05, 0.1) is 43.7 Å². The topological polar surface area (TPSA) is 147 Å². The number of likely N-dealkylation sites (tertiary alicyclic amines) is 1. The van der Waals surface area contributed by atoms with Crippen molar-refractivity contribution in [3.8, 4) is 0 Å². The highest BCUT2D eigenvalue weighted by Gasteiger charge is 2.43. The Bertz CT molecular complexity index is 1360. The molecule has 2 N–H and O–H groups in total. The summed E-state index contributed by atoms with van der Waals surface area (Å²) in [6.45, 7) is 14.1. The van der Waals surface area contributed by atoms with Crippen molar-refractivity contribution in [2.75, 3.05) is 42.0 Å². The predicted molar refractivity (Wildman–Crippen MR) is 217 cm³/mol. The van der Waals surface area contributed by atoms with E-state index in [4.69, 9.17) is 14.2 Å². The molecule has 0 spiro atoms. The largest absolute Gasteiger partial charge is 0.467 e. The van der Waals surface area contributed by atoms with Gasteiger partial charge in [-0.25, -0.2) is 7.91 Å². The van der Waals surface area contributed by atoms with Crippen molar-refractivity contribution in [1.82, 2.24) is 23.5 Å². The lowest BCUT2D eigenvalue weighted by Crippen LogP contribution is -2.59. The fourth-order valence-corrected chi connectivity index (χ4v) is 8.54. The molecule has 0 radical (unpaired) electrons. The van der Waals surface area contributed by atoms with Gasteiger partial charge in [-0.3, -0.25) is 19.2 Å². The number of benzene rings is 1. The number of nitrogens with one attached hydrogen (secondary N) is 2. The highest BCUT2D eigenvalue weighted by molar-refractivity contribution is 14.1. The molecular formula is C40H66IN5O8. The van der Waals surface area contributed by atoms with Crippen molar-refractivity contribution in [2.45, 2.75) is 123 Å². The van der Waals surface area contributed by atoms with Gasteiger partial charge in [-0.1, -0.05) is 85.2 Å². The Morgan fingerprint density at radius 2 is 1.54 bits per heavy atom. The minimum atomic E-state index is -0.890. The molecule has 2 rings (SSSR count). The highest BCUT2D eigenvalue weighted by atomic mass is 127. The second-order valence-corrected chi connectivity index (χ2v) is 16.8. The number of carbonyl (C=O) groups is 5. The highest BCUT2D eigenvalue weighted by Crippen LogP contribution is 2.30. The van der Waals surface area contributed by atoms with Crippen molar-refractivity contribution < 1.29 is 38.2 Å². The van der Waals surface area contributed by atoms with E-state index in [9.17, 15) is 24.0 Å². The van der Waals surface area contributed by atoms with Gasteiger partial charge >= 0.3 is 5.97 Å². The van der Waals surface area contributed by atoms with Gasteiger partial charge in [0.25, 0.3) is 0 Å². The van der Waals surface area contributed by atoms with E-state index in [0.29, 0.717) is 13.0 Å². The van der Waals surface area contributed by atoms with Crippen molar-refractivity contribution in [1.29, 1.82) is 0 Å². The molecule has 9 atom stereocenters. The summed E-state index contributed by atoms with van der Waals surface area (Å²) in [6, 6.07) is 6.44. The Balaban J connectivity index is 2.29. The molecule has 1 aliphatic heterocycles. The minimum absolute atomic E-state index is 0.00584. The van der Waals surface area contributed by atoms with E-state index in [2.05, 4.69) is 33.5 Å². The number of nitrogens with zero attached hydrogens (tertiary/aromatic N) is 3. The van der Waals surface area contributed by atoms with Crippen LogP contribution in [0.2, 0.25) is 0 Å². The van der Waals surface area contributed by atoms with Gasteiger partial charge in [0.15, 0.2) is 0 Å². The van der Waals surface area contributed by atoms with E-state index in [1.807, 2.05) is 82.0 Å². The van der Waals surface area contributed by atoms with Crippen molar-refractivity contribution in [3.05, 3.63) is 35.9 Å². The second-order valence-electron chi connectivity index (χ2n) is 15.3. The summed E-state index contributed by atoms with van der Waals surface area (Å²) in [5, 5.41) is 5.89. The maximum atomic E-state index is 14.2. The Kier molecular flexibility index (Phi) is 19.9. The first-order valence-corrected chi connectivity index (χ1v) is 20.1. The normalized spacial score (nSPS) is 19.0. The van der Waals surface area contributed by atoms with Crippen LogP contribution in [0.1, 0.15) is 79.7 Å². The van der Waals surface area contributed by atoms with Gasteiger partial charge in [0.1, 0.15) is 18.1 Å². The Morgan fingerprint density at radius 3 is 2.04 bits per heavy atom. The maximum Gasteiger partial charge on any atom is 0.328 e. The molecule has 1 saturated heterocycles. The molecule has 14 heteroatoms. The zero-order valence-corrected chi connectivity index (χ0v) is 36.6. The molecule has 1 fully saturated rings. The molecule has 2 unspecified atom stereocenters. The monoisotopic (exact) mass is 871 g/mol. The smallest absolute Gasteiger partial charge is 0.328 e. The van der Waals surface area contributed by atoms with Crippen LogP contribution in [-0.4, -0.2) is 127 Å². The number of ether oxygens (including phenoxy) is 3. The summed E-state index contributed by atoms with van der Waals surface area (Å²) < 4.78 is 18.8. The first-order valence-electron chi connectivity index (χ1n) is 19.2. The Labute approximate surface area is 337 Å². The van der Waals surface area contributed by atoms with E-state index >= 15 is 0 Å². The number of hydrogen-bond donors (Lipinski definition) is 2. The maximum absolute atomic E-state index is 14.2. The number of halogens is 1. The standard InChI is InChI=1S/C40H66IN5O8/c1-13-26(6)35(44(8)39(50)33(24(2)3)43-38(49)34(25(4)5)45(9)41)31(52-10)23-32(47)46-21-17-20-30(46)36(53-11)27(7)37(48)42-29(40(51)54-12)22-28-18-15-14-16-19-28/h14-16,18-19,24-27,29-31,33-36H,13,17,20-23H2,1-12H3,(H,42,48)(H,43,49)/t26?,27-,29?,30+,31-,33+,34+,35+,36-/m1/s1. The minimum Gasteiger partial charge on any atom is -0.467 e. The number of amides is 4. The number of esters is 1. The first-order chi connectivity index (χ1) is 25.4. The van der Waals surface area contributed by atoms with Crippen LogP contribution in [0.5, 0.6) is 0 Å². The van der Waals surface area contributed by atoms with Crippen LogP contribution in [0.25, 0.3) is 0 Å². The second kappa shape index (κ2) is 22.7. The third-order valence-electron chi connectivity index (χ3n) is 10.9.